The molecule has 0 spiro atoms. The van der Waals surface area contributed by atoms with E-state index < -0.39 is 10.0 Å². The molecule has 28 heavy (non-hydrogen) atoms. The first-order chi connectivity index (χ1) is 13.3. The number of rotatable bonds is 6. The first-order valence-electron chi connectivity index (χ1n) is 9.42. The lowest BCUT2D eigenvalue weighted by Crippen LogP contribution is -2.34. The van der Waals surface area contributed by atoms with Crippen LogP contribution in [0.2, 0.25) is 0 Å². The molecule has 1 heterocycles. The maximum absolute atomic E-state index is 13.1. The number of carbonyl (C=O) groups excluding carboxylic acids is 1. The molecule has 2 aromatic carbocycles. The predicted molar refractivity (Wildman–Crippen MR) is 109 cm³/mol. The number of carbonyl (C=O) groups is 1. The van der Waals surface area contributed by atoms with Gasteiger partial charge in [-0.25, -0.2) is 8.42 Å². The average molecular weight is 403 g/mol. The fraction of sp³-hybridized carbons (Fsp3) is 0.381. The van der Waals surface area contributed by atoms with Crippen molar-refractivity contribution in [2.45, 2.75) is 38.1 Å². The largest absolute Gasteiger partial charge is 0.494 e. The molecule has 0 fully saturated rings. The van der Waals surface area contributed by atoms with Crippen LogP contribution in [0.25, 0.3) is 0 Å². The van der Waals surface area contributed by atoms with Crippen LogP contribution in [-0.2, 0) is 27.8 Å². The van der Waals surface area contributed by atoms with E-state index in [1.54, 1.807) is 30.1 Å². The molecule has 1 aliphatic rings. The predicted octanol–water partition coefficient (Wildman–Crippen LogP) is 3.21. The van der Waals surface area contributed by atoms with Crippen LogP contribution in [0.5, 0.6) is 5.75 Å². The molecular weight excluding hydrogens is 376 g/mol. The van der Waals surface area contributed by atoms with Crippen LogP contribution >= 0.6 is 0 Å². The third-order valence-corrected chi connectivity index (χ3v) is 6.72. The molecule has 6 nitrogen and oxygen atoms in total. The molecule has 0 aromatic heterocycles. The summed E-state index contributed by atoms with van der Waals surface area (Å²) >= 11 is 0. The van der Waals surface area contributed by atoms with Crippen LogP contribution in [0.15, 0.2) is 47.4 Å². The molecule has 0 radical (unpaired) electrons. The SMILES string of the molecule is CCOc1ccccc1CN(C)S(=O)(=O)c1ccc2c(c1)CCCN2C(C)=O. The molecule has 7 heteroatoms. The smallest absolute Gasteiger partial charge is 0.243 e. The van der Waals surface area contributed by atoms with E-state index in [4.69, 9.17) is 4.74 Å². The standard InChI is InChI=1S/C21H26N2O4S/c1-4-27-21-10-6-5-8-18(21)15-22(3)28(25,26)19-11-12-20-17(14-19)9-7-13-23(20)16(2)24/h5-6,8,10-12,14H,4,7,9,13,15H2,1-3H3. The van der Waals surface area contributed by atoms with Gasteiger partial charge in [0.1, 0.15) is 5.75 Å². The Kier molecular flexibility index (Phi) is 6.05. The Morgan fingerprint density at radius 3 is 2.68 bits per heavy atom. The molecular formula is C21H26N2O4S. The van der Waals surface area contributed by atoms with Crippen molar-refractivity contribution in [2.75, 3.05) is 25.1 Å². The average Bonchev–Trinajstić information content (AvgIpc) is 2.68. The molecule has 1 amide bonds. The maximum atomic E-state index is 13.1. The van der Waals surface area contributed by atoms with E-state index in [2.05, 4.69) is 0 Å². The monoisotopic (exact) mass is 402 g/mol. The highest BCUT2D eigenvalue weighted by Gasteiger charge is 2.26. The molecule has 150 valence electrons. The summed E-state index contributed by atoms with van der Waals surface area (Å²) in [5.74, 6) is 0.663. The van der Waals surface area contributed by atoms with E-state index in [-0.39, 0.29) is 17.3 Å². The molecule has 0 bridgehead atoms. The molecule has 0 unspecified atom stereocenters. The van der Waals surface area contributed by atoms with Gasteiger partial charge < -0.3 is 9.64 Å². The van der Waals surface area contributed by atoms with Gasteiger partial charge in [0.05, 0.1) is 11.5 Å². The van der Waals surface area contributed by atoms with Gasteiger partial charge in [0.15, 0.2) is 0 Å². The van der Waals surface area contributed by atoms with Gasteiger partial charge in [-0.3, -0.25) is 4.79 Å². The van der Waals surface area contributed by atoms with Gasteiger partial charge in [-0.15, -0.1) is 0 Å². The molecule has 0 atom stereocenters. The molecule has 0 saturated carbocycles. The lowest BCUT2D eigenvalue weighted by atomic mass is 10.0. The Balaban J connectivity index is 1.88. The second-order valence-electron chi connectivity index (χ2n) is 6.87. The zero-order valence-corrected chi connectivity index (χ0v) is 17.3. The van der Waals surface area contributed by atoms with Crippen molar-refractivity contribution in [3.8, 4) is 5.75 Å². The van der Waals surface area contributed by atoms with E-state index in [1.807, 2.05) is 31.2 Å². The number of ether oxygens (including phenoxy) is 1. The topological polar surface area (TPSA) is 66.9 Å². The minimum absolute atomic E-state index is 0.0267. The highest BCUT2D eigenvalue weighted by molar-refractivity contribution is 7.89. The molecule has 0 N–H and O–H groups in total. The molecule has 1 aliphatic heterocycles. The highest BCUT2D eigenvalue weighted by atomic mass is 32.2. The molecule has 3 rings (SSSR count). The van der Waals surface area contributed by atoms with Gasteiger partial charge in [-0.05, 0) is 49.6 Å². The van der Waals surface area contributed by atoms with E-state index in [9.17, 15) is 13.2 Å². The second kappa shape index (κ2) is 8.32. The lowest BCUT2D eigenvalue weighted by molar-refractivity contribution is -0.116. The van der Waals surface area contributed by atoms with Crippen LogP contribution in [0.3, 0.4) is 0 Å². The van der Waals surface area contributed by atoms with Crippen molar-refractivity contribution in [1.82, 2.24) is 4.31 Å². The van der Waals surface area contributed by atoms with Crippen LogP contribution in [0.4, 0.5) is 5.69 Å². The first-order valence-corrected chi connectivity index (χ1v) is 10.9. The van der Waals surface area contributed by atoms with Crippen LogP contribution < -0.4 is 9.64 Å². The minimum Gasteiger partial charge on any atom is -0.494 e. The lowest BCUT2D eigenvalue weighted by Gasteiger charge is -2.29. The number of hydrogen-bond donors (Lipinski definition) is 0. The molecule has 0 aliphatic carbocycles. The van der Waals surface area contributed by atoms with E-state index in [1.165, 1.54) is 11.2 Å². The summed E-state index contributed by atoms with van der Waals surface area (Å²) in [6, 6.07) is 12.5. The Bertz CT molecular complexity index is 972. The van der Waals surface area contributed by atoms with Gasteiger partial charge in [0, 0.05) is 38.3 Å². The third-order valence-electron chi connectivity index (χ3n) is 4.92. The zero-order chi connectivity index (χ0) is 20.3. The number of para-hydroxylation sites is 1. The number of aryl methyl sites for hydroxylation is 1. The summed E-state index contributed by atoms with van der Waals surface area (Å²) in [4.78, 5) is 13.8. The number of fused-ring (bicyclic) bond motifs is 1. The van der Waals surface area contributed by atoms with Gasteiger partial charge >= 0.3 is 0 Å². The summed E-state index contributed by atoms with van der Waals surface area (Å²) < 4.78 is 33.2. The van der Waals surface area contributed by atoms with Gasteiger partial charge in [-0.1, -0.05) is 18.2 Å². The Morgan fingerprint density at radius 1 is 1.21 bits per heavy atom. The van der Waals surface area contributed by atoms with E-state index in [0.29, 0.717) is 18.9 Å². The first kappa shape index (κ1) is 20.4. The van der Waals surface area contributed by atoms with Crippen LogP contribution in [0, 0.1) is 0 Å². The second-order valence-corrected chi connectivity index (χ2v) is 8.91. The normalized spacial score (nSPS) is 14.1. The summed E-state index contributed by atoms with van der Waals surface area (Å²) in [7, 11) is -2.10. The minimum atomic E-state index is -3.67. The van der Waals surface area contributed by atoms with Gasteiger partial charge in [0.2, 0.25) is 15.9 Å². The molecule has 0 saturated heterocycles. The van der Waals surface area contributed by atoms with Crippen molar-refractivity contribution in [3.63, 3.8) is 0 Å². The van der Waals surface area contributed by atoms with Gasteiger partial charge in [0.25, 0.3) is 0 Å². The summed E-state index contributed by atoms with van der Waals surface area (Å²) in [6.07, 6.45) is 1.59. The molecule has 2 aromatic rings. The van der Waals surface area contributed by atoms with Crippen LogP contribution in [-0.4, -0.2) is 38.8 Å². The number of hydrogen-bond acceptors (Lipinski definition) is 4. The number of benzene rings is 2. The third kappa shape index (κ3) is 4.05. The number of nitrogens with zero attached hydrogens (tertiary/aromatic N) is 2. The quantitative estimate of drug-likeness (QED) is 0.744. The van der Waals surface area contributed by atoms with Gasteiger partial charge in [-0.2, -0.15) is 4.31 Å². The van der Waals surface area contributed by atoms with Crippen LogP contribution in [0.1, 0.15) is 31.4 Å². The summed E-state index contributed by atoms with van der Waals surface area (Å²) in [5, 5.41) is 0. The Hall–Kier alpha value is -2.38. The Labute approximate surface area is 166 Å². The maximum Gasteiger partial charge on any atom is 0.243 e. The van der Waals surface area contributed by atoms with Crippen molar-refractivity contribution < 1.29 is 17.9 Å². The van der Waals surface area contributed by atoms with E-state index >= 15 is 0 Å². The zero-order valence-electron chi connectivity index (χ0n) is 16.5. The fourth-order valence-corrected chi connectivity index (χ4v) is 4.70. The summed E-state index contributed by atoms with van der Waals surface area (Å²) in [5.41, 5.74) is 2.52. The number of anilines is 1. The summed E-state index contributed by atoms with van der Waals surface area (Å²) in [6.45, 7) is 4.83. The number of sulfonamides is 1. The van der Waals surface area contributed by atoms with Crippen molar-refractivity contribution in [3.05, 3.63) is 53.6 Å². The van der Waals surface area contributed by atoms with Crippen molar-refractivity contribution in [2.24, 2.45) is 0 Å². The van der Waals surface area contributed by atoms with E-state index in [0.717, 1.165) is 29.7 Å². The number of amides is 1. The Morgan fingerprint density at radius 2 is 1.96 bits per heavy atom. The van der Waals surface area contributed by atoms with Crippen molar-refractivity contribution in [1.29, 1.82) is 0 Å². The fourth-order valence-electron chi connectivity index (χ4n) is 3.50. The van der Waals surface area contributed by atoms with Crippen molar-refractivity contribution >= 4 is 21.6 Å². The highest BCUT2D eigenvalue weighted by Crippen LogP contribution is 2.31.